The van der Waals surface area contributed by atoms with Crippen LogP contribution in [-0.2, 0) is 24.3 Å². The van der Waals surface area contributed by atoms with Crippen LogP contribution in [-0.4, -0.2) is 55.5 Å². The van der Waals surface area contributed by atoms with Gasteiger partial charge in [-0.05, 0) is 77.9 Å². The highest BCUT2D eigenvalue weighted by Crippen LogP contribution is 2.23. The van der Waals surface area contributed by atoms with E-state index < -0.39 is 39.8 Å². The molecule has 0 saturated carbocycles. The molecule has 0 atom stereocenters. The van der Waals surface area contributed by atoms with Gasteiger partial charge in [0.15, 0.2) is 0 Å². The van der Waals surface area contributed by atoms with Crippen molar-refractivity contribution < 1.29 is 32.3 Å². The summed E-state index contributed by atoms with van der Waals surface area (Å²) in [5, 5.41) is 0. The van der Waals surface area contributed by atoms with Crippen LogP contribution in [0.15, 0.2) is 59.5 Å². The minimum atomic E-state index is -4.48. The van der Waals surface area contributed by atoms with Gasteiger partial charge in [0.25, 0.3) is 15.9 Å². The molecular formula is C25H32N2O7S. The standard InChI is InChI=1S/C25H32N2O7S/c1-24(2,3)33-21(28)17-27(23(30)34-25(4,5)6)35(31,32)20-15-13-19(14-16-20)26(7)22(29)18-11-9-8-10-12-18/h8-16H,17H2,1-7H3. The first-order valence-corrected chi connectivity index (χ1v) is 12.4. The Balaban J connectivity index is 2.35. The molecule has 0 aliphatic rings. The molecule has 2 aromatic rings. The van der Waals surface area contributed by atoms with Crippen LogP contribution in [0, 0.1) is 0 Å². The van der Waals surface area contributed by atoms with Crippen molar-refractivity contribution in [3.63, 3.8) is 0 Å². The van der Waals surface area contributed by atoms with Gasteiger partial charge in [0.1, 0.15) is 17.7 Å². The largest absolute Gasteiger partial charge is 0.459 e. The van der Waals surface area contributed by atoms with E-state index in [0.29, 0.717) is 15.6 Å². The van der Waals surface area contributed by atoms with Crippen LogP contribution in [0.3, 0.4) is 0 Å². The lowest BCUT2D eigenvalue weighted by Gasteiger charge is -2.28. The number of carbonyl (C=O) groups is 3. The molecule has 2 rings (SSSR count). The number of anilines is 1. The number of rotatable bonds is 6. The van der Waals surface area contributed by atoms with E-state index in [0.717, 1.165) is 0 Å². The molecule has 0 radical (unpaired) electrons. The average molecular weight is 505 g/mol. The monoisotopic (exact) mass is 504 g/mol. The lowest BCUT2D eigenvalue weighted by Crippen LogP contribution is -2.45. The van der Waals surface area contributed by atoms with Gasteiger partial charge >= 0.3 is 12.1 Å². The fourth-order valence-electron chi connectivity index (χ4n) is 2.91. The zero-order valence-corrected chi connectivity index (χ0v) is 21.9. The molecule has 35 heavy (non-hydrogen) atoms. The summed E-state index contributed by atoms with van der Waals surface area (Å²) >= 11 is 0. The third kappa shape index (κ3) is 7.81. The molecule has 0 bridgehead atoms. The topological polar surface area (TPSA) is 110 Å². The number of carbonyl (C=O) groups excluding carboxylic acids is 3. The van der Waals surface area contributed by atoms with Gasteiger partial charge in [-0.3, -0.25) is 9.59 Å². The lowest BCUT2D eigenvalue weighted by molar-refractivity contribution is -0.154. The van der Waals surface area contributed by atoms with Gasteiger partial charge in [-0.15, -0.1) is 0 Å². The molecule has 0 heterocycles. The van der Waals surface area contributed by atoms with Gasteiger partial charge in [0.2, 0.25) is 0 Å². The second-order valence-electron chi connectivity index (χ2n) is 9.80. The van der Waals surface area contributed by atoms with Gasteiger partial charge in [-0.25, -0.2) is 13.2 Å². The summed E-state index contributed by atoms with van der Waals surface area (Å²) in [5.74, 6) is -1.18. The molecule has 0 N–H and O–H groups in total. The number of amides is 2. The zero-order valence-electron chi connectivity index (χ0n) is 21.1. The number of hydrogen-bond acceptors (Lipinski definition) is 7. The Hall–Kier alpha value is -3.40. The summed E-state index contributed by atoms with van der Waals surface area (Å²) in [5.41, 5.74) is -0.963. The second-order valence-corrected chi connectivity index (χ2v) is 11.7. The van der Waals surface area contributed by atoms with E-state index in [2.05, 4.69) is 0 Å². The van der Waals surface area contributed by atoms with Crippen LogP contribution in [0.1, 0.15) is 51.9 Å². The lowest BCUT2D eigenvalue weighted by atomic mass is 10.2. The number of esters is 1. The van der Waals surface area contributed by atoms with E-state index in [-0.39, 0.29) is 10.8 Å². The molecule has 0 saturated heterocycles. The number of ether oxygens (including phenoxy) is 2. The van der Waals surface area contributed by atoms with E-state index in [1.807, 2.05) is 0 Å². The summed E-state index contributed by atoms with van der Waals surface area (Å²) in [7, 11) is -2.92. The van der Waals surface area contributed by atoms with E-state index in [4.69, 9.17) is 9.47 Å². The van der Waals surface area contributed by atoms with Crippen LogP contribution >= 0.6 is 0 Å². The van der Waals surface area contributed by atoms with Gasteiger partial charge in [-0.1, -0.05) is 18.2 Å². The molecule has 2 amide bonds. The van der Waals surface area contributed by atoms with Crippen molar-refractivity contribution in [2.24, 2.45) is 0 Å². The molecule has 0 spiro atoms. The summed E-state index contributed by atoms with van der Waals surface area (Å²) < 4.78 is 37.4. The number of hydrogen-bond donors (Lipinski definition) is 0. The Bertz CT molecular complexity index is 1160. The first-order valence-electron chi connectivity index (χ1n) is 10.9. The maximum absolute atomic E-state index is 13.3. The number of benzene rings is 2. The third-order valence-corrected chi connectivity index (χ3v) is 6.15. The van der Waals surface area contributed by atoms with Crippen LogP contribution in [0.2, 0.25) is 0 Å². The molecule has 10 heteroatoms. The van der Waals surface area contributed by atoms with Crippen LogP contribution in [0.4, 0.5) is 10.5 Å². The quantitative estimate of drug-likeness (QED) is 0.541. The van der Waals surface area contributed by atoms with Gasteiger partial charge in [0, 0.05) is 18.3 Å². The second kappa shape index (κ2) is 10.5. The Morgan fingerprint density at radius 2 is 1.31 bits per heavy atom. The van der Waals surface area contributed by atoms with E-state index in [1.54, 1.807) is 78.9 Å². The number of nitrogens with zero attached hydrogens (tertiary/aromatic N) is 2. The third-order valence-electron chi connectivity index (χ3n) is 4.43. The Morgan fingerprint density at radius 1 is 0.800 bits per heavy atom. The summed E-state index contributed by atoms with van der Waals surface area (Å²) in [4.78, 5) is 39.0. The van der Waals surface area contributed by atoms with Crippen LogP contribution in [0.5, 0.6) is 0 Å². The number of sulfonamides is 1. The van der Waals surface area contributed by atoms with Crippen molar-refractivity contribution >= 4 is 33.7 Å². The molecular weight excluding hydrogens is 472 g/mol. The minimum absolute atomic E-state index is 0.253. The van der Waals surface area contributed by atoms with E-state index >= 15 is 0 Å². The van der Waals surface area contributed by atoms with Gasteiger partial charge in [-0.2, -0.15) is 4.31 Å². The van der Waals surface area contributed by atoms with Crippen molar-refractivity contribution in [3.8, 4) is 0 Å². The first-order chi connectivity index (χ1) is 16.0. The van der Waals surface area contributed by atoms with Crippen molar-refractivity contribution in [1.29, 1.82) is 0 Å². The summed E-state index contributed by atoms with van der Waals surface area (Å²) in [6.45, 7) is 8.77. The molecule has 190 valence electrons. The molecule has 0 unspecified atom stereocenters. The summed E-state index contributed by atoms with van der Waals surface area (Å²) in [6, 6.07) is 14.0. The highest BCUT2D eigenvalue weighted by molar-refractivity contribution is 7.89. The molecule has 0 aliphatic carbocycles. The van der Waals surface area contributed by atoms with Crippen molar-refractivity contribution in [1.82, 2.24) is 4.31 Å². The van der Waals surface area contributed by atoms with Gasteiger partial charge in [0.05, 0.1) is 4.90 Å². The summed E-state index contributed by atoms with van der Waals surface area (Å²) in [6.07, 6.45) is -1.20. The van der Waals surface area contributed by atoms with Crippen molar-refractivity contribution in [2.75, 3.05) is 18.5 Å². The minimum Gasteiger partial charge on any atom is -0.459 e. The molecule has 9 nitrogen and oxygen atoms in total. The average Bonchev–Trinajstić information content (AvgIpc) is 2.74. The maximum Gasteiger partial charge on any atom is 0.424 e. The predicted molar refractivity (Wildman–Crippen MR) is 132 cm³/mol. The van der Waals surface area contributed by atoms with Crippen LogP contribution < -0.4 is 4.90 Å². The van der Waals surface area contributed by atoms with E-state index in [1.165, 1.54) is 29.2 Å². The van der Waals surface area contributed by atoms with Crippen molar-refractivity contribution in [3.05, 3.63) is 60.2 Å². The molecule has 2 aromatic carbocycles. The normalized spacial score (nSPS) is 12.0. The fourth-order valence-corrected chi connectivity index (χ4v) is 4.16. The SMILES string of the molecule is CN(C(=O)c1ccccc1)c1ccc(S(=O)(=O)N(CC(=O)OC(C)(C)C)C(=O)OC(C)(C)C)cc1. The molecule has 0 fully saturated rings. The molecule has 0 aromatic heterocycles. The fraction of sp³-hybridized carbons (Fsp3) is 0.400. The zero-order chi connectivity index (χ0) is 26.6. The van der Waals surface area contributed by atoms with E-state index in [9.17, 15) is 22.8 Å². The molecule has 0 aliphatic heterocycles. The highest BCUT2D eigenvalue weighted by Gasteiger charge is 2.36. The first kappa shape index (κ1) is 27.8. The Labute approximate surface area is 206 Å². The highest BCUT2D eigenvalue weighted by atomic mass is 32.2. The maximum atomic E-state index is 13.3. The van der Waals surface area contributed by atoms with Crippen molar-refractivity contribution in [2.45, 2.75) is 57.6 Å². The smallest absolute Gasteiger partial charge is 0.424 e. The predicted octanol–water partition coefficient (Wildman–Crippen LogP) is 4.23. The Kier molecular flexibility index (Phi) is 8.33. The Morgan fingerprint density at radius 3 is 1.80 bits per heavy atom. The van der Waals surface area contributed by atoms with Gasteiger partial charge < -0.3 is 14.4 Å². The van der Waals surface area contributed by atoms with Crippen LogP contribution in [0.25, 0.3) is 0 Å².